The van der Waals surface area contributed by atoms with Crippen LogP contribution >= 0.6 is 47.8 Å². The van der Waals surface area contributed by atoms with Gasteiger partial charge in [-0.3, -0.25) is 18.9 Å². The maximum absolute atomic E-state index is 13.9. The normalized spacial score (nSPS) is 9.74. The van der Waals surface area contributed by atoms with Gasteiger partial charge in [0.25, 0.3) is 0 Å². The van der Waals surface area contributed by atoms with Gasteiger partial charge in [-0.05, 0) is 114 Å². The number of aromatic nitrogens is 8. The van der Waals surface area contributed by atoms with Crippen molar-refractivity contribution in [3.8, 4) is 23.3 Å². The van der Waals surface area contributed by atoms with Crippen molar-refractivity contribution in [3.05, 3.63) is 163 Å². The molecule has 390 valence electrons. The van der Waals surface area contributed by atoms with E-state index in [1.165, 1.54) is 24.6 Å². The van der Waals surface area contributed by atoms with Crippen molar-refractivity contribution < 1.29 is 74.6 Å². The van der Waals surface area contributed by atoms with E-state index in [1.807, 2.05) is 67.6 Å². The van der Waals surface area contributed by atoms with E-state index in [2.05, 4.69) is 94.2 Å². The smallest absolute Gasteiger partial charge is 0.413 e. The molecule has 12 N–H and O–H groups in total. The number of carbonyl (C=O) groups excluding carboxylic acids is 3. The summed E-state index contributed by atoms with van der Waals surface area (Å²) < 4.78 is 53.6. The summed E-state index contributed by atoms with van der Waals surface area (Å²) in [6.45, 7) is 4.25. The molecule has 0 bridgehead atoms. The Morgan fingerprint density at radius 3 is 1.81 bits per heavy atom. The Balaban J connectivity index is 0.000000494. The molecule has 6 heterocycles. The molecule has 0 aliphatic rings. The van der Waals surface area contributed by atoms with Crippen LogP contribution in [-0.4, -0.2) is 70.5 Å². The molecule has 0 aliphatic carbocycles. The first-order chi connectivity index (χ1) is 34.6. The van der Waals surface area contributed by atoms with Crippen molar-refractivity contribution in [2.24, 2.45) is 11.8 Å². The summed E-state index contributed by atoms with van der Waals surface area (Å²) >= 11 is 9.70. The van der Waals surface area contributed by atoms with E-state index in [4.69, 9.17) is 37.6 Å². The van der Waals surface area contributed by atoms with Gasteiger partial charge in [0.05, 0.1) is 4.47 Å². The van der Waals surface area contributed by atoms with Gasteiger partial charge in [0.1, 0.15) is 33.2 Å². The number of pyridine rings is 4. The van der Waals surface area contributed by atoms with Gasteiger partial charge in [-0.1, -0.05) is 63.1 Å². The van der Waals surface area contributed by atoms with Crippen LogP contribution in [-0.2, 0) is 46.6 Å². The molecule has 0 radical (unpaired) electrons. The van der Waals surface area contributed by atoms with Crippen LogP contribution in [0.25, 0.3) is 22.2 Å². The van der Waals surface area contributed by atoms with Gasteiger partial charge in [-0.25, -0.2) is 30.1 Å². The molecule has 8 aromatic rings. The van der Waals surface area contributed by atoms with Crippen molar-refractivity contribution in [2.75, 3.05) is 17.3 Å². The number of halogens is 5. The predicted octanol–water partition coefficient (Wildman–Crippen LogP) is 2.01. The number of nitrogen functional groups attached to an aromatic ring is 3. The molecule has 74 heavy (non-hydrogen) atoms. The molecule has 8 rings (SSSR count). The second-order valence-corrected chi connectivity index (χ2v) is 17.4. The number of hydrogen-bond donors (Lipinski definition) is 7. The second-order valence-electron chi connectivity index (χ2n) is 13.8. The van der Waals surface area contributed by atoms with Gasteiger partial charge < -0.3 is 45.4 Å². The zero-order valence-electron chi connectivity index (χ0n) is 38.8. The zero-order valence-corrected chi connectivity index (χ0v) is 46.5. The molecule has 30 heteroatoms. The Bertz CT molecular complexity index is 3310. The largest absolute Gasteiger partial charge is 1.00 e. The van der Waals surface area contributed by atoms with Crippen LogP contribution in [0.2, 0.25) is 0 Å². The molecule has 0 aliphatic heterocycles. The van der Waals surface area contributed by atoms with E-state index in [1.54, 1.807) is 70.2 Å². The SMILES string of the molecule is CC(=O)OC(C)=O.Cc1ccc(F)c(CC(=O)Cc2ccc(-c3cccn4nnc(N)c34)cc2)c1.N#Cc1c(Br)ccc[n+]1N.N#Cc1ncccc1Br.NO.NOS(=O)(=O)O.Nc1nnn2cccc(Br)c12.[I-]. The first-order valence-corrected chi connectivity index (χ1v) is 23.7. The topological polar surface area (TPSA) is 399 Å². The van der Waals surface area contributed by atoms with Gasteiger partial charge in [0.2, 0.25) is 6.20 Å². The summed E-state index contributed by atoms with van der Waals surface area (Å²) in [4.78, 5) is 35.8. The fourth-order valence-corrected chi connectivity index (χ4v) is 6.88. The average Bonchev–Trinajstić information content (AvgIpc) is 3.94. The van der Waals surface area contributed by atoms with Gasteiger partial charge in [0, 0.05) is 61.4 Å². The second kappa shape index (κ2) is 33.0. The maximum Gasteiger partial charge on any atom is 0.413 e. The molecule has 0 saturated heterocycles. The van der Waals surface area contributed by atoms with E-state index >= 15 is 0 Å². The van der Waals surface area contributed by atoms with E-state index < -0.39 is 22.3 Å². The Labute approximate surface area is 464 Å². The lowest BCUT2D eigenvalue weighted by Crippen LogP contribution is -3.00. The number of carbonyl (C=O) groups is 3. The molecule has 2 aromatic carbocycles. The number of benzene rings is 2. The Kier molecular flexibility index (Phi) is 29.0. The van der Waals surface area contributed by atoms with Crippen LogP contribution in [0.15, 0.2) is 129 Å². The summed E-state index contributed by atoms with van der Waals surface area (Å²) in [5.74, 6) is 12.2. The number of hydrogen-bond acceptors (Lipinski definition) is 20. The highest BCUT2D eigenvalue weighted by Gasteiger charge is 2.13. The van der Waals surface area contributed by atoms with E-state index in [9.17, 15) is 27.2 Å². The minimum atomic E-state index is -4.38. The number of fused-ring (bicyclic) bond motifs is 2. The summed E-state index contributed by atoms with van der Waals surface area (Å²) in [5.41, 5.74) is 18.0. The number of ether oxygens (including phenoxy) is 1. The highest BCUT2D eigenvalue weighted by atomic mass is 127. The molecule has 0 amide bonds. The lowest BCUT2D eigenvalue weighted by molar-refractivity contribution is -0.642. The first kappa shape index (κ1) is 65.0. The molecule has 0 atom stereocenters. The van der Waals surface area contributed by atoms with Crippen molar-refractivity contribution in [2.45, 2.75) is 33.6 Å². The average molecular weight is 1340 g/mol. The Morgan fingerprint density at radius 2 is 1.34 bits per heavy atom. The summed E-state index contributed by atoms with van der Waals surface area (Å²) in [7, 11) is -4.38. The Hall–Kier alpha value is -6.98. The molecular formula is C44H44Br3FIN15O9S. The van der Waals surface area contributed by atoms with Crippen LogP contribution in [0, 0.1) is 35.4 Å². The van der Waals surface area contributed by atoms with Gasteiger partial charge >= 0.3 is 28.0 Å². The standard InChI is InChI=1S/C22H19FN4O.C6H5BrN4.C6H5BrN3.C6H3BrN2.C4H6O3.HI.H3NO4S.H3NO/c1-14-4-9-20(23)17(11-14)13-18(28)12-15-5-7-16(8-6-15)19-3-2-10-27-21(19)22(24)25-26-27;7-4-2-1-3-11-5(4)6(8)9-10-11;7-5-2-1-3-10(9)6(5)4-8;7-5-2-1-3-9-6(5)4-8;1-3(5)7-4(2)6;;1-5-6(2,3)4;1-2/h2-11H,12-13,24H2,1H3;1-3H,8H2;1-3H,9H2;1-3H;1-2H3;1H;1H2,(H,2,3,4);2H,1H2/q;;+1;;;;;/p-1. The number of nitriles is 2. The zero-order chi connectivity index (χ0) is 54.8. The number of nitrogens with two attached hydrogens (primary N) is 5. The first-order valence-electron chi connectivity index (χ1n) is 20.0. The quantitative estimate of drug-likeness (QED) is 0.0238. The van der Waals surface area contributed by atoms with Gasteiger partial charge in [-0.15, -0.1) is 10.2 Å². The fourth-order valence-electron chi connectivity index (χ4n) is 5.56. The molecule has 0 unspecified atom stereocenters. The summed E-state index contributed by atoms with van der Waals surface area (Å²) in [5, 5.41) is 38.8. The third-order valence-corrected chi connectivity index (χ3v) is 10.7. The van der Waals surface area contributed by atoms with Crippen LogP contribution in [0.5, 0.6) is 0 Å². The molecule has 0 fully saturated rings. The van der Waals surface area contributed by atoms with E-state index in [-0.39, 0.29) is 48.4 Å². The number of esters is 2. The van der Waals surface area contributed by atoms with E-state index in [0.29, 0.717) is 33.1 Å². The number of ketones is 1. The van der Waals surface area contributed by atoms with E-state index in [0.717, 1.165) is 42.2 Å². The highest BCUT2D eigenvalue weighted by Crippen LogP contribution is 2.28. The number of Topliss-reactive ketones (excluding diaryl/α,β-unsaturated/α-hetero) is 1. The maximum atomic E-state index is 13.9. The summed E-state index contributed by atoms with van der Waals surface area (Å²) in [6.07, 6.45) is 7.14. The molecule has 0 spiro atoms. The minimum Gasteiger partial charge on any atom is -1.00 e. The van der Waals surface area contributed by atoms with Crippen molar-refractivity contribution >= 4 is 98.6 Å². The summed E-state index contributed by atoms with van der Waals surface area (Å²) in [6, 6.07) is 31.1. The molecule has 0 saturated carbocycles. The predicted molar refractivity (Wildman–Crippen MR) is 273 cm³/mol. The van der Waals surface area contributed by atoms with Crippen LogP contribution < -0.4 is 57.8 Å². The van der Waals surface area contributed by atoms with Crippen molar-refractivity contribution in [3.63, 3.8) is 0 Å². The molecule has 24 nitrogen and oxygen atoms in total. The minimum absolute atomic E-state index is 0. The number of rotatable bonds is 6. The third kappa shape index (κ3) is 22.0. The number of anilines is 2. The number of nitrogens with zero attached hydrogens (tertiary/aromatic N) is 10. The fraction of sp³-hybridized carbons (Fsp3) is 0.114. The number of aryl methyl sites for hydroxylation is 1. The lowest BCUT2D eigenvalue weighted by atomic mass is 9.98. The van der Waals surface area contributed by atoms with Crippen LogP contribution in [0.1, 0.15) is 41.9 Å². The van der Waals surface area contributed by atoms with Crippen molar-refractivity contribution in [1.29, 1.82) is 10.5 Å². The monoisotopic (exact) mass is 1340 g/mol. The third-order valence-electron chi connectivity index (χ3n) is 8.49. The van der Waals surface area contributed by atoms with Gasteiger partial charge in [-0.2, -0.15) is 29.1 Å². The molecular weight excluding hydrogens is 1300 g/mol. The van der Waals surface area contributed by atoms with Crippen molar-refractivity contribution in [1.82, 2.24) is 34.6 Å². The van der Waals surface area contributed by atoms with Crippen LogP contribution in [0.4, 0.5) is 16.0 Å². The molecule has 6 aromatic heterocycles. The van der Waals surface area contributed by atoms with Gasteiger partial charge in [0.15, 0.2) is 23.4 Å². The van der Waals surface area contributed by atoms with Crippen LogP contribution in [0.3, 0.4) is 0 Å². The lowest BCUT2D eigenvalue weighted by Gasteiger charge is -2.07. The highest BCUT2D eigenvalue weighted by molar-refractivity contribution is 9.11. The Morgan fingerprint density at radius 1 is 0.797 bits per heavy atom.